The van der Waals surface area contributed by atoms with Gasteiger partial charge in [0.1, 0.15) is 5.75 Å². The summed E-state index contributed by atoms with van der Waals surface area (Å²) in [7, 11) is 0. The maximum absolute atomic E-state index is 12.5. The Labute approximate surface area is 169 Å². The van der Waals surface area contributed by atoms with Crippen LogP contribution in [0, 0.1) is 0 Å². The summed E-state index contributed by atoms with van der Waals surface area (Å²) in [4.78, 5) is 19.6. The Morgan fingerprint density at radius 1 is 1.00 bits per heavy atom. The van der Waals surface area contributed by atoms with Crippen molar-refractivity contribution in [2.75, 3.05) is 37.7 Å². The van der Waals surface area contributed by atoms with Gasteiger partial charge in [0.25, 0.3) is 0 Å². The van der Waals surface area contributed by atoms with E-state index in [4.69, 9.17) is 4.74 Å². The van der Waals surface area contributed by atoms with Gasteiger partial charge in [0.15, 0.2) is 0 Å². The molecule has 0 bridgehead atoms. The summed E-state index contributed by atoms with van der Waals surface area (Å²) in [6, 6.07) is 8.88. The molecule has 0 spiro atoms. The molecule has 4 rings (SSSR count). The van der Waals surface area contributed by atoms with E-state index >= 15 is 0 Å². The number of carbonyl (C=O) groups excluding carboxylic acids is 1. The van der Waals surface area contributed by atoms with Crippen LogP contribution in [-0.4, -0.2) is 60.7 Å². The minimum Gasteiger partial charge on any atom is -0.494 e. The molecule has 1 amide bonds. The van der Waals surface area contributed by atoms with Crippen LogP contribution < -0.4 is 9.64 Å². The lowest BCUT2D eigenvalue weighted by Crippen LogP contribution is -2.48. The summed E-state index contributed by atoms with van der Waals surface area (Å²) in [5, 5.41) is 0. The lowest BCUT2D eigenvalue weighted by molar-refractivity contribution is -0.117. The molecule has 0 radical (unpaired) electrons. The summed E-state index contributed by atoms with van der Waals surface area (Å²) in [5.41, 5.74) is 1.01. The Kier molecular flexibility index (Phi) is 6.53. The van der Waals surface area contributed by atoms with Crippen molar-refractivity contribution in [1.29, 1.82) is 0 Å². The largest absolute Gasteiger partial charge is 0.494 e. The number of carbonyl (C=O) groups is 1. The highest BCUT2D eigenvalue weighted by molar-refractivity contribution is 5.96. The number of anilines is 1. The second kappa shape index (κ2) is 9.27. The highest BCUT2D eigenvalue weighted by Gasteiger charge is 2.36. The first-order valence-electron chi connectivity index (χ1n) is 11.3. The van der Waals surface area contributed by atoms with Gasteiger partial charge in [-0.15, -0.1) is 0 Å². The third-order valence-electron chi connectivity index (χ3n) is 6.66. The van der Waals surface area contributed by atoms with Gasteiger partial charge in [-0.2, -0.15) is 0 Å². The molecule has 3 aliphatic heterocycles. The van der Waals surface area contributed by atoms with Crippen molar-refractivity contribution >= 4 is 11.6 Å². The molecule has 28 heavy (non-hydrogen) atoms. The molecule has 2 atom stereocenters. The van der Waals surface area contributed by atoms with Gasteiger partial charge in [-0.25, -0.2) is 0 Å². The van der Waals surface area contributed by atoms with Gasteiger partial charge in [-0.3, -0.25) is 14.6 Å². The fraction of sp³-hybridized carbons (Fsp3) is 0.696. The third-order valence-corrected chi connectivity index (χ3v) is 6.66. The van der Waals surface area contributed by atoms with Crippen molar-refractivity contribution in [2.24, 2.45) is 0 Å². The molecule has 3 heterocycles. The molecule has 0 aromatic heterocycles. The van der Waals surface area contributed by atoms with E-state index in [1.165, 1.54) is 38.6 Å². The quantitative estimate of drug-likeness (QED) is 0.668. The lowest BCUT2D eigenvalue weighted by Gasteiger charge is -2.37. The number of nitrogens with zero attached hydrogens (tertiary/aromatic N) is 3. The van der Waals surface area contributed by atoms with Crippen molar-refractivity contribution in [3.63, 3.8) is 0 Å². The first-order chi connectivity index (χ1) is 13.7. The number of amides is 1. The summed E-state index contributed by atoms with van der Waals surface area (Å²) < 4.78 is 5.95. The normalized spacial score (nSPS) is 26.9. The van der Waals surface area contributed by atoms with Crippen molar-refractivity contribution in [1.82, 2.24) is 9.80 Å². The average Bonchev–Trinajstić information content (AvgIpc) is 3.32. The summed E-state index contributed by atoms with van der Waals surface area (Å²) in [5.74, 6) is 1.16. The van der Waals surface area contributed by atoms with E-state index in [1.54, 1.807) is 0 Å². The van der Waals surface area contributed by atoms with Gasteiger partial charge in [0, 0.05) is 37.8 Å². The second-order valence-corrected chi connectivity index (χ2v) is 8.60. The zero-order valence-corrected chi connectivity index (χ0v) is 17.3. The van der Waals surface area contributed by atoms with E-state index in [1.807, 2.05) is 17.0 Å². The molecule has 3 fully saturated rings. The van der Waals surface area contributed by atoms with Gasteiger partial charge in [0.05, 0.1) is 12.8 Å². The molecular weight excluding hydrogens is 350 g/mol. The van der Waals surface area contributed by atoms with Crippen molar-refractivity contribution in [2.45, 2.75) is 70.5 Å². The zero-order valence-electron chi connectivity index (χ0n) is 17.3. The van der Waals surface area contributed by atoms with E-state index in [0.29, 0.717) is 6.42 Å². The summed E-state index contributed by atoms with van der Waals surface area (Å²) in [6.07, 6.45) is 9.39. The molecule has 0 N–H and O–H groups in total. The van der Waals surface area contributed by atoms with Crippen molar-refractivity contribution in [3.05, 3.63) is 24.3 Å². The van der Waals surface area contributed by atoms with Crippen LogP contribution in [0.25, 0.3) is 0 Å². The fourth-order valence-electron chi connectivity index (χ4n) is 5.03. The van der Waals surface area contributed by atoms with Gasteiger partial charge < -0.3 is 9.64 Å². The Balaban J connectivity index is 1.29. The first kappa shape index (κ1) is 19.7. The summed E-state index contributed by atoms with van der Waals surface area (Å²) in [6.45, 7) is 7.67. The number of benzene rings is 1. The van der Waals surface area contributed by atoms with Gasteiger partial charge in [0.2, 0.25) is 5.91 Å². The van der Waals surface area contributed by atoms with Crippen LogP contribution in [0.1, 0.15) is 58.3 Å². The predicted octanol–water partition coefficient (Wildman–Crippen LogP) is 3.88. The van der Waals surface area contributed by atoms with Crippen molar-refractivity contribution < 1.29 is 9.53 Å². The fourth-order valence-corrected chi connectivity index (χ4v) is 5.03. The van der Waals surface area contributed by atoms with E-state index < -0.39 is 0 Å². The van der Waals surface area contributed by atoms with E-state index in [2.05, 4.69) is 28.9 Å². The molecule has 2 unspecified atom stereocenters. The smallest absolute Gasteiger partial charge is 0.228 e. The number of hydrogen-bond donors (Lipinski definition) is 0. The van der Waals surface area contributed by atoms with E-state index in [0.717, 1.165) is 56.6 Å². The number of hydrogen-bond acceptors (Lipinski definition) is 4. The Morgan fingerprint density at radius 3 is 2.50 bits per heavy atom. The Bertz CT molecular complexity index is 642. The molecule has 0 saturated carbocycles. The number of piperidine rings is 1. The van der Waals surface area contributed by atoms with Crippen LogP contribution in [-0.2, 0) is 4.79 Å². The molecule has 3 saturated heterocycles. The van der Waals surface area contributed by atoms with Gasteiger partial charge in [-0.1, -0.05) is 6.42 Å². The Morgan fingerprint density at radius 2 is 1.79 bits per heavy atom. The van der Waals surface area contributed by atoms with E-state index in [9.17, 15) is 4.79 Å². The van der Waals surface area contributed by atoms with Gasteiger partial charge in [-0.05, 0) is 76.3 Å². The maximum Gasteiger partial charge on any atom is 0.228 e. The molecule has 3 aliphatic rings. The van der Waals surface area contributed by atoms with Crippen LogP contribution in [0.3, 0.4) is 0 Å². The topological polar surface area (TPSA) is 36.0 Å². The minimum atomic E-state index is 0.238. The molecule has 5 heteroatoms. The molecule has 154 valence electrons. The third kappa shape index (κ3) is 4.52. The van der Waals surface area contributed by atoms with Crippen LogP contribution in [0.5, 0.6) is 5.75 Å². The molecule has 5 nitrogen and oxygen atoms in total. The number of rotatable bonds is 7. The summed E-state index contributed by atoms with van der Waals surface area (Å²) >= 11 is 0. The van der Waals surface area contributed by atoms with Crippen LogP contribution in [0.4, 0.5) is 5.69 Å². The van der Waals surface area contributed by atoms with Crippen LogP contribution in [0.2, 0.25) is 0 Å². The molecule has 0 aliphatic carbocycles. The molecule has 1 aromatic carbocycles. The lowest BCUT2D eigenvalue weighted by atomic mass is 10.1. The minimum absolute atomic E-state index is 0.238. The number of likely N-dealkylation sites (tertiary alicyclic amines) is 2. The number of ether oxygens (including phenoxy) is 1. The van der Waals surface area contributed by atoms with Gasteiger partial charge >= 0.3 is 0 Å². The maximum atomic E-state index is 12.5. The van der Waals surface area contributed by atoms with Crippen LogP contribution in [0.15, 0.2) is 24.3 Å². The monoisotopic (exact) mass is 385 g/mol. The SMILES string of the molecule is CC1CCCN1CCCOc1ccc(N2C(=O)CCC2N2CCCCC2)cc1. The molecule has 1 aromatic rings. The highest BCUT2D eigenvalue weighted by atomic mass is 16.5. The zero-order chi connectivity index (χ0) is 19.3. The standard InChI is InChI=1S/C23H35N3O2/c1-19-7-5-16-24(19)17-6-18-28-21-10-8-20(9-11-21)26-22(12-13-23(26)27)25-14-3-2-4-15-25/h8-11,19,22H,2-7,12-18H2,1H3. The Hall–Kier alpha value is -1.59. The van der Waals surface area contributed by atoms with Crippen LogP contribution >= 0.6 is 0 Å². The predicted molar refractivity (Wildman–Crippen MR) is 113 cm³/mol. The average molecular weight is 386 g/mol. The van der Waals surface area contributed by atoms with Crippen molar-refractivity contribution in [3.8, 4) is 5.75 Å². The second-order valence-electron chi connectivity index (χ2n) is 8.60. The molecular formula is C23H35N3O2. The highest BCUT2D eigenvalue weighted by Crippen LogP contribution is 2.31. The van der Waals surface area contributed by atoms with E-state index in [-0.39, 0.29) is 12.1 Å². The first-order valence-corrected chi connectivity index (χ1v) is 11.3.